The topological polar surface area (TPSA) is 141 Å². The molecule has 29 heavy (non-hydrogen) atoms. The Bertz CT molecular complexity index is 1150. The van der Waals surface area contributed by atoms with Crippen LogP contribution in [0.1, 0.15) is 22.8 Å². The SMILES string of the molecule is CO[C@@H]1C(=O)C(C(C)=O)=C(O)[C@@]2(O)C(=O)c3c(cc4cccc(O)c4c3O)C[C@H]12. The lowest BCUT2D eigenvalue weighted by Crippen LogP contribution is -2.61. The zero-order valence-electron chi connectivity index (χ0n) is 15.6. The number of carbonyl (C=O) groups excluding carboxylic acids is 3. The van der Waals surface area contributed by atoms with Gasteiger partial charge in [0.2, 0.25) is 5.78 Å². The molecule has 4 rings (SSSR count). The number of carbonyl (C=O) groups is 3. The highest BCUT2D eigenvalue weighted by Crippen LogP contribution is 2.49. The molecule has 0 saturated carbocycles. The van der Waals surface area contributed by atoms with Crippen LogP contribution in [-0.2, 0) is 20.7 Å². The van der Waals surface area contributed by atoms with Crippen molar-refractivity contribution in [1.29, 1.82) is 0 Å². The van der Waals surface area contributed by atoms with Gasteiger partial charge in [0.05, 0.1) is 10.9 Å². The van der Waals surface area contributed by atoms with Crippen molar-refractivity contribution in [2.24, 2.45) is 5.92 Å². The van der Waals surface area contributed by atoms with Gasteiger partial charge in [-0.1, -0.05) is 18.2 Å². The van der Waals surface area contributed by atoms with Gasteiger partial charge in [0, 0.05) is 13.0 Å². The molecule has 0 amide bonds. The Morgan fingerprint density at radius 3 is 2.52 bits per heavy atom. The fourth-order valence-electron chi connectivity index (χ4n) is 4.48. The molecular weight excluding hydrogens is 380 g/mol. The molecule has 0 unspecified atom stereocenters. The summed E-state index contributed by atoms with van der Waals surface area (Å²) < 4.78 is 5.21. The Kier molecular flexibility index (Phi) is 4.04. The summed E-state index contributed by atoms with van der Waals surface area (Å²) in [6.45, 7) is 1.03. The number of fused-ring (bicyclic) bond motifs is 3. The van der Waals surface area contributed by atoms with Crippen molar-refractivity contribution < 1.29 is 39.5 Å². The van der Waals surface area contributed by atoms with Gasteiger partial charge in [-0.25, -0.2) is 0 Å². The molecule has 8 heteroatoms. The fourth-order valence-corrected chi connectivity index (χ4v) is 4.48. The molecule has 0 saturated heterocycles. The lowest BCUT2D eigenvalue weighted by molar-refractivity contribution is -0.141. The maximum absolute atomic E-state index is 13.3. The second kappa shape index (κ2) is 6.13. The number of Topliss-reactive ketones (excluding diaryl/α,β-unsaturated/α-hetero) is 3. The number of phenolic OH excluding ortho intramolecular Hbond substituents is 2. The molecule has 8 nitrogen and oxygen atoms in total. The first-order valence-corrected chi connectivity index (χ1v) is 8.89. The monoisotopic (exact) mass is 398 g/mol. The van der Waals surface area contributed by atoms with Crippen LogP contribution in [0.5, 0.6) is 11.5 Å². The maximum Gasteiger partial charge on any atom is 0.206 e. The number of methoxy groups -OCH3 is 1. The molecule has 0 fully saturated rings. The number of ether oxygens (including phenoxy) is 1. The normalized spacial score (nSPS) is 26.4. The predicted molar refractivity (Wildman–Crippen MR) is 99.9 cm³/mol. The zero-order chi connectivity index (χ0) is 21.2. The van der Waals surface area contributed by atoms with E-state index in [9.17, 15) is 34.8 Å². The van der Waals surface area contributed by atoms with E-state index in [4.69, 9.17) is 4.74 Å². The lowest BCUT2D eigenvalue weighted by atomic mass is 9.62. The van der Waals surface area contributed by atoms with Crippen molar-refractivity contribution in [3.8, 4) is 11.5 Å². The summed E-state index contributed by atoms with van der Waals surface area (Å²) in [5.41, 5.74) is -3.28. The number of hydrogen-bond acceptors (Lipinski definition) is 8. The molecule has 2 aliphatic carbocycles. The predicted octanol–water partition coefficient (Wildman–Crippen LogP) is 1.34. The molecule has 0 radical (unpaired) electrons. The Labute approximate surface area is 164 Å². The van der Waals surface area contributed by atoms with Gasteiger partial charge in [0.15, 0.2) is 17.2 Å². The first-order valence-electron chi connectivity index (χ1n) is 8.89. The zero-order valence-corrected chi connectivity index (χ0v) is 15.6. The molecule has 0 spiro atoms. The van der Waals surface area contributed by atoms with E-state index in [1.165, 1.54) is 13.2 Å². The van der Waals surface area contributed by atoms with Crippen LogP contribution in [0.2, 0.25) is 0 Å². The van der Waals surface area contributed by atoms with Crippen LogP contribution in [0, 0.1) is 5.92 Å². The van der Waals surface area contributed by atoms with Crippen molar-refractivity contribution in [2.75, 3.05) is 7.11 Å². The van der Waals surface area contributed by atoms with Gasteiger partial charge in [-0.15, -0.1) is 0 Å². The number of aromatic hydroxyl groups is 2. The summed E-state index contributed by atoms with van der Waals surface area (Å²) in [4.78, 5) is 37.9. The summed E-state index contributed by atoms with van der Waals surface area (Å²) in [5.74, 6) is -5.75. The number of ketones is 3. The second-order valence-electron chi connectivity index (χ2n) is 7.34. The van der Waals surface area contributed by atoms with E-state index in [0.717, 1.165) is 6.92 Å². The number of aliphatic hydroxyl groups excluding tert-OH is 1. The van der Waals surface area contributed by atoms with E-state index >= 15 is 0 Å². The number of hydrogen-bond donors (Lipinski definition) is 4. The first kappa shape index (κ1) is 19.1. The maximum atomic E-state index is 13.3. The molecule has 0 bridgehead atoms. The Morgan fingerprint density at radius 1 is 1.21 bits per heavy atom. The number of rotatable bonds is 2. The van der Waals surface area contributed by atoms with Crippen LogP contribution >= 0.6 is 0 Å². The highest BCUT2D eigenvalue weighted by Gasteiger charge is 2.61. The van der Waals surface area contributed by atoms with Gasteiger partial charge < -0.3 is 25.2 Å². The lowest BCUT2D eigenvalue weighted by Gasteiger charge is -2.45. The molecule has 2 aliphatic rings. The summed E-state index contributed by atoms with van der Waals surface area (Å²) in [6, 6.07) is 6.11. The van der Waals surface area contributed by atoms with E-state index in [1.807, 2.05) is 0 Å². The van der Waals surface area contributed by atoms with Crippen LogP contribution in [0.3, 0.4) is 0 Å². The number of aliphatic hydroxyl groups is 2. The van der Waals surface area contributed by atoms with Gasteiger partial charge in [0.25, 0.3) is 0 Å². The van der Waals surface area contributed by atoms with Crippen LogP contribution < -0.4 is 0 Å². The number of benzene rings is 2. The van der Waals surface area contributed by atoms with Crippen LogP contribution in [0.15, 0.2) is 35.6 Å². The quantitative estimate of drug-likeness (QED) is 0.555. The molecule has 2 aromatic rings. The van der Waals surface area contributed by atoms with Crippen LogP contribution in [0.25, 0.3) is 10.8 Å². The summed E-state index contributed by atoms with van der Waals surface area (Å²) >= 11 is 0. The second-order valence-corrected chi connectivity index (χ2v) is 7.34. The van der Waals surface area contributed by atoms with Crippen LogP contribution in [0.4, 0.5) is 0 Å². The van der Waals surface area contributed by atoms with E-state index in [0.29, 0.717) is 10.9 Å². The van der Waals surface area contributed by atoms with Gasteiger partial charge in [-0.3, -0.25) is 14.4 Å². The van der Waals surface area contributed by atoms with Gasteiger partial charge in [0.1, 0.15) is 28.9 Å². The van der Waals surface area contributed by atoms with Gasteiger partial charge in [-0.05, 0) is 30.4 Å². The molecular formula is C21H18O8. The third kappa shape index (κ3) is 2.30. The minimum Gasteiger partial charge on any atom is -0.508 e. The summed E-state index contributed by atoms with van der Waals surface area (Å²) in [6.07, 6.45) is -1.43. The highest BCUT2D eigenvalue weighted by atomic mass is 16.5. The van der Waals surface area contributed by atoms with Gasteiger partial charge in [-0.2, -0.15) is 0 Å². The largest absolute Gasteiger partial charge is 0.508 e. The first-order chi connectivity index (χ1) is 13.6. The Hall–Kier alpha value is -3.23. The molecule has 150 valence electrons. The van der Waals surface area contributed by atoms with E-state index in [-0.39, 0.29) is 23.1 Å². The van der Waals surface area contributed by atoms with Crippen molar-refractivity contribution >= 4 is 28.1 Å². The Balaban J connectivity index is 2.06. The molecule has 0 aromatic heterocycles. The molecule has 3 atom stereocenters. The molecule has 0 aliphatic heterocycles. The number of phenols is 2. The molecule has 2 aromatic carbocycles. The van der Waals surface area contributed by atoms with E-state index in [1.54, 1.807) is 18.2 Å². The van der Waals surface area contributed by atoms with Crippen molar-refractivity contribution in [1.82, 2.24) is 0 Å². The van der Waals surface area contributed by atoms with Crippen LogP contribution in [-0.4, -0.2) is 56.6 Å². The minimum atomic E-state index is -2.63. The Morgan fingerprint density at radius 2 is 1.90 bits per heavy atom. The molecule has 4 N–H and O–H groups in total. The summed E-state index contributed by atoms with van der Waals surface area (Å²) in [7, 11) is 1.21. The van der Waals surface area contributed by atoms with Crippen molar-refractivity contribution in [3.63, 3.8) is 0 Å². The van der Waals surface area contributed by atoms with E-state index < -0.39 is 52.1 Å². The van der Waals surface area contributed by atoms with Gasteiger partial charge >= 0.3 is 0 Å². The fraction of sp³-hybridized carbons (Fsp3) is 0.286. The molecule has 0 heterocycles. The third-order valence-electron chi connectivity index (χ3n) is 5.82. The smallest absolute Gasteiger partial charge is 0.206 e. The van der Waals surface area contributed by atoms with E-state index in [2.05, 4.69) is 0 Å². The minimum absolute atomic E-state index is 0.0205. The van der Waals surface area contributed by atoms with Crippen molar-refractivity contribution in [2.45, 2.75) is 25.0 Å². The van der Waals surface area contributed by atoms with Crippen molar-refractivity contribution in [3.05, 3.63) is 46.7 Å². The highest BCUT2D eigenvalue weighted by molar-refractivity contribution is 6.25. The standard InChI is InChI=1S/C21H18O8/c1-8(22)13-17(25)18(29-2)11-7-10-6-9-4-3-5-12(23)14(9)16(24)15(10)20(27)21(11,28)19(13)26/h3-6,11,18,23-24,26,28H,7H2,1-2H3/t11-,18+,21-/m1/s1. The summed E-state index contributed by atoms with van der Waals surface area (Å²) in [5, 5.41) is 43.2. The third-order valence-corrected chi connectivity index (χ3v) is 5.82. The average molecular weight is 398 g/mol. The average Bonchev–Trinajstić information content (AvgIpc) is 2.65.